The van der Waals surface area contributed by atoms with Gasteiger partial charge >= 0.3 is 0 Å². The summed E-state index contributed by atoms with van der Waals surface area (Å²) in [6, 6.07) is 18.1. The molecule has 0 aliphatic rings. The molecule has 0 fully saturated rings. The van der Waals surface area contributed by atoms with Crippen molar-refractivity contribution in [1.29, 1.82) is 0 Å². The van der Waals surface area contributed by atoms with Crippen LogP contribution in [0.5, 0.6) is 5.75 Å². The highest BCUT2D eigenvalue weighted by atomic mass is 32.1. The van der Waals surface area contributed by atoms with Crippen LogP contribution in [0.15, 0.2) is 76.1 Å². The highest BCUT2D eigenvalue weighted by Crippen LogP contribution is 2.29. The molecule has 4 aromatic rings. The molecule has 0 amide bonds. The zero-order valence-electron chi connectivity index (χ0n) is 16.1. The van der Waals surface area contributed by atoms with Crippen molar-refractivity contribution < 1.29 is 9.50 Å². The average molecular weight is 405 g/mol. The van der Waals surface area contributed by atoms with Crippen LogP contribution >= 0.6 is 11.3 Å². The molecule has 146 valence electrons. The molecule has 0 saturated heterocycles. The predicted octanol–water partition coefficient (Wildman–Crippen LogP) is 5.41. The molecule has 0 bridgehead atoms. The van der Waals surface area contributed by atoms with Crippen LogP contribution in [0.3, 0.4) is 0 Å². The summed E-state index contributed by atoms with van der Waals surface area (Å²) in [6.07, 6.45) is 0. The number of rotatable bonds is 4. The van der Waals surface area contributed by atoms with Gasteiger partial charge < -0.3 is 5.11 Å². The number of hydrogen-bond acceptors (Lipinski definition) is 4. The summed E-state index contributed by atoms with van der Waals surface area (Å²) in [7, 11) is 0. The van der Waals surface area contributed by atoms with Crippen LogP contribution in [-0.4, -0.2) is 22.0 Å². The minimum atomic E-state index is -0.316. The number of fused-ring (bicyclic) bond motifs is 1. The van der Waals surface area contributed by atoms with Crippen LogP contribution in [0.1, 0.15) is 19.4 Å². The minimum Gasteiger partial charge on any atom is -0.507 e. The van der Waals surface area contributed by atoms with Gasteiger partial charge in [-0.15, -0.1) is 11.3 Å². The maximum absolute atomic E-state index is 14.4. The van der Waals surface area contributed by atoms with E-state index in [9.17, 15) is 9.50 Å². The molecule has 0 saturated carbocycles. The zero-order valence-corrected chi connectivity index (χ0v) is 16.9. The zero-order chi connectivity index (χ0) is 20.4. The highest BCUT2D eigenvalue weighted by molar-refractivity contribution is 7.07. The first-order valence-electron chi connectivity index (χ1n) is 9.32. The lowest BCUT2D eigenvalue weighted by Gasteiger charge is -2.10. The molecular weight excluding hydrogens is 385 g/mol. The van der Waals surface area contributed by atoms with E-state index in [4.69, 9.17) is 5.10 Å². The Labute approximate surface area is 171 Å². The van der Waals surface area contributed by atoms with Crippen LogP contribution in [0.25, 0.3) is 22.0 Å². The van der Waals surface area contributed by atoms with Crippen LogP contribution < -0.4 is 4.80 Å². The molecule has 0 radical (unpaired) electrons. The molecule has 0 unspecified atom stereocenters. The fraction of sp³-hybridized carbons (Fsp3) is 0.130. The van der Waals surface area contributed by atoms with Crippen molar-refractivity contribution in [2.45, 2.75) is 13.8 Å². The SMILES string of the molecule is CCN=c1scc(-c2ccccc2F)n1N=C(C)c1ccc2ccccc2c1O. The van der Waals surface area contributed by atoms with Crippen LogP contribution in [0.4, 0.5) is 4.39 Å². The third-order valence-electron chi connectivity index (χ3n) is 4.67. The third kappa shape index (κ3) is 3.59. The first-order valence-corrected chi connectivity index (χ1v) is 10.2. The van der Waals surface area contributed by atoms with Crippen molar-refractivity contribution in [3.05, 3.63) is 82.2 Å². The maximum Gasteiger partial charge on any atom is 0.206 e. The van der Waals surface area contributed by atoms with E-state index in [1.165, 1.54) is 17.4 Å². The molecule has 0 atom stereocenters. The smallest absolute Gasteiger partial charge is 0.206 e. The third-order valence-corrected chi connectivity index (χ3v) is 5.52. The fourth-order valence-electron chi connectivity index (χ4n) is 3.25. The lowest BCUT2D eigenvalue weighted by atomic mass is 10.0. The average Bonchev–Trinajstić information content (AvgIpc) is 3.11. The van der Waals surface area contributed by atoms with Gasteiger partial charge in [0.2, 0.25) is 4.80 Å². The molecule has 0 aliphatic carbocycles. The molecule has 0 aliphatic heterocycles. The van der Waals surface area contributed by atoms with Crippen LogP contribution in [-0.2, 0) is 0 Å². The Hall–Kier alpha value is -3.25. The van der Waals surface area contributed by atoms with E-state index in [0.717, 1.165) is 10.8 Å². The van der Waals surface area contributed by atoms with Gasteiger partial charge in [-0.3, -0.25) is 4.99 Å². The van der Waals surface area contributed by atoms with E-state index in [1.54, 1.807) is 22.9 Å². The van der Waals surface area contributed by atoms with Crippen molar-refractivity contribution in [3.63, 3.8) is 0 Å². The van der Waals surface area contributed by atoms with Gasteiger partial charge in [-0.1, -0.05) is 42.5 Å². The first-order chi connectivity index (χ1) is 14.1. The topological polar surface area (TPSA) is 49.9 Å². The Morgan fingerprint density at radius 2 is 1.83 bits per heavy atom. The second-order valence-corrected chi connectivity index (χ2v) is 7.37. The number of phenolic OH excluding ortho intramolecular Hbond substituents is 1. The van der Waals surface area contributed by atoms with Crippen molar-refractivity contribution in [3.8, 4) is 17.0 Å². The van der Waals surface area contributed by atoms with Gasteiger partial charge in [-0.25, -0.2) is 9.07 Å². The number of aromatic hydroxyl groups is 1. The van der Waals surface area contributed by atoms with Gasteiger partial charge in [0.05, 0.1) is 11.4 Å². The van der Waals surface area contributed by atoms with Crippen molar-refractivity contribution in [1.82, 2.24) is 4.68 Å². The molecule has 4 nitrogen and oxygen atoms in total. The Morgan fingerprint density at radius 3 is 2.62 bits per heavy atom. The molecule has 3 aromatic carbocycles. The normalized spacial score (nSPS) is 12.7. The number of nitrogens with zero attached hydrogens (tertiary/aromatic N) is 3. The summed E-state index contributed by atoms with van der Waals surface area (Å²) in [6.45, 7) is 4.36. The van der Waals surface area contributed by atoms with E-state index >= 15 is 0 Å². The van der Waals surface area contributed by atoms with E-state index in [1.807, 2.05) is 55.6 Å². The molecule has 29 heavy (non-hydrogen) atoms. The van der Waals surface area contributed by atoms with Crippen molar-refractivity contribution >= 4 is 27.8 Å². The lowest BCUT2D eigenvalue weighted by molar-refractivity contribution is 0.480. The standard InChI is InChI=1S/C23H20FN3OS/c1-3-25-23-27(21(14-29-23)19-10-6-7-11-20(19)24)26-15(2)17-13-12-16-8-4-5-9-18(16)22(17)28/h4-14,28H,3H2,1-2H3. The Bertz CT molecular complexity index is 1290. The molecule has 1 N–H and O–H groups in total. The second-order valence-electron chi connectivity index (χ2n) is 6.54. The van der Waals surface area contributed by atoms with Crippen molar-refractivity contribution in [2.75, 3.05) is 6.54 Å². The number of aromatic nitrogens is 1. The number of thiazole rings is 1. The lowest BCUT2D eigenvalue weighted by Crippen LogP contribution is -2.14. The largest absolute Gasteiger partial charge is 0.507 e. The molecule has 4 rings (SSSR count). The summed E-state index contributed by atoms with van der Waals surface area (Å²) in [5, 5.41) is 19.1. The van der Waals surface area contributed by atoms with Gasteiger partial charge in [0.25, 0.3) is 0 Å². The first kappa shape index (κ1) is 19.1. The quantitative estimate of drug-likeness (QED) is 0.454. The molecule has 6 heteroatoms. The van der Waals surface area contributed by atoms with E-state index in [0.29, 0.717) is 33.9 Å². The van der Waals surface area contributed by atoms with E-state index in [2.05, 4.69) is 4.99 Å². The molecule has 0 spiro atoms. The fourth-order valence-corrected chi connectivity index (χ4v) is 4.13. The van der Waals surface area contributed by atoms with Crippen molar-refractivity contribution in [2.24, 2.45) is 10.1 Å². The number of benzene rings is 3. The number of phenols is 1. The van der Waals surface area contributed by atoms with E-state index < -0.39 is 0 Å². The maximum atomic E-state index is 14.4. The van der Waals surface area contributed by atoms with Gasteiger partial charge in [-0.05, 0) is 37.4 Å². The second kappa shape index (κ2) is 8.01. The van der Waals surface area contributed by atoms with Gasteiger partial charge in [0.15, 0.2) is 0 Å². The molecular formula is C23H20FN3OS. The van der Waals surface area contributed by atoms with Crippen LogP contribution in [0.2, 0.25) is 0 Å². The monoisotopic (exact) mass is 405 g/mol. The highest BCUT2D eigenvalue weighted by Gasteiger charge is 2.14. The number of hydrogen-bond donors (Lipinski definition) is 1. The summed E-state index contributed by atoms with van der Waals surface area (Å²) < 4.78 is 16.1. The minimum absolute atomic E-state index is 0.182. The Balaban J connectivity index is 1.90. The predicted molar refractivity (Wildman–Crippen MR) is 117 cm³/mol. The summed E-state index contributed by atoms with van der Waals surface area (Å²) in [5.74, 6) is -0.134. The van der Waals surface area contributed by atoms with Gasteiger partial charge in [0, 0.05) is 28.4 Å². The summed E-state index contributed by atoms with van der Waals surface area (Å²) >= 11 is 1.41. The molecule has 1 aromatic heterocycles. The Kier molecular flexibility index (Phi) is 5.27. The summed E-state index contributed by atoms with van der Waals surface area (Å²) in [4.78, 5) is 5.16. The van der Waals surface area contributed by atoms with Crippen LogP contribution in [0, 0.1) is 5.82 Å². The Morgan fingerprint density at radius 1 is 1.07 bits per heavy atom. The van der Waals surface area contributed by atoms with Gasteiger partial charge in [-0.2, -0.15) is 5.10 Å². The molecule has 1 heterocycles. The number of halogens is 1. The summed E-state index contributed by atoms with van der Waals surface area (Å²) in [5.41, 5.74) is 2.33. The van der Waals surface area contributed by atoms with Gasteiger partial charge in [0.1, 0.15) is 11.6 Å². The van der Waals surface area contributed by atoms with E-state index in [-0.39, 0.29) is 11.6 Å².